The minimum absolute atomic E-state index is 0.00657. The standard InChI is InChI=1S/C6H4F2IN3O2/c7-5(8)2-1-3(12(13)14)11-6(9)4(2)10/h1,5H,10H2. The molecule has 8 heteroatoms. The van der Waals surface area contributed by atoms with E-state index < -0.39 is 22.7 Å². The fraction of sp³-hybridized carbons (Fsp3) is 0.167. The first kappa shape index (κ1) is 11.0. The Kier molecular flexibility index (Phi) is 3.13. The molecule has 0 aliphatic heterocycles. The monoisotopic (exact) mass is 315 g/mol. The Hall–Kier alpha value is -1.06. The number of alkyl halides is 2. The van der Waals surface area contributed by atoms with E-state index in [0.29, 0.717) is 6.07 Å². The highest BCUT2D eigenvalue weighted by Crippen LogP contribution is 2.30. The van der Waals surface area contributed by atoms with Crippen LogP contribution in [0.25, 0.3) is 0 Å². The van der Waals surface area contributed by atoms with E-state index in [0.717, 1.165) is 0 Å². The summed E-state index contributed by atoms with van der Waals surface area (Å²) in [6.45, 7) is 0. The molecule has 0 unspecified atom stereocenters. The SMILES string of the molecule is Nc1c(C(F)F)cc([N+](=O)[O-])nc1I. The number of nitrogen functional groups attached to an aromatic ring is 1. The third-order valence-electron chi connectivity index (χ3n) is 1.45. The number of nitrogens with zero attached hydrogens (tertiary/aromatic N) is 2. The van der Waals surface area contributed by atoms with Crippen LogP contribution in [0, 0.1) is 13.8 Å². The van der Waals surface area contributed by atoms with Crippen LogP contribution in [0.5, 0.6) is 0 Å². The molecule has 1 aromatic heterocycles. The van der Waals surface area contributed by atoms with Crippen LogP contribution in [0.15, 0.2) is 6.07 Å². The number of hydrogen-bond acceptors (Lipinski definition) is 4. The normalized spacial score (nSPS) is 10.6. The maximum Gasteiger partial charge on any atom is 0.365 e. The molecule has 0 radical (unpaired) electrons. The predicted octanol–water partition coefficient (Wildman–Crippen LogP) is 2.11. The van der Waals surface area contributed by atoms with Gasteiger partial charge in [-0.1, -0.05) is 0 Å². The molecule has 0 saturated heterocycles. The summed E-state index contributed by atoms with van der Waals surface area (Å²) < 4.78 is 24.6. The lowest BCUT2D eigenvalue weighted by Crippen LogP contribution is -2.03. The Morgan fingerprint density at radius 1 is 1.64 bits per heavy atom. The van der Waals surface area contributed by atoms with E-state index in [-0.39, 0.29) is 9.39 Å². The van der Waals surface area contributed by atoms with Crippen molar-refractivity contribution in [1.29, 1.82) is 0 Å². The first-order valence-corrected chi connectivity index (χ1v) is 4.39. The van der Waals surface area contributed by atoms with Crippen LogP contribution in [-0.2, 0) is 0 Å². The number of anilines is 1. The summed E-state index contributed by atoms with van der Waals surface area (Å²) >= 11 is 1.57. The highest BCUT2D eigenvalue weighted by atomic mass is 127. The van der Waals surface area contributed by atoms with Gasteiger partial charge in [0.25, 0.3) is 6.43 Å². The topological polar surface area (TPSA) is 82.0 Å². The van der Waals surface area contributed by atoms with Gasteiger partial charge in [-0.25, -0.2) is 8.78 Å². The number of aromatic nitrogens is 1. The van der Waals surface area contributed by atoms with Crippen LogP contribution >= 0.6 is 22.6 Å². The molecule has 0 aliphatic rings. The lowest BCUT2D eigenvalue weighted by molar-refractivity contribution is -0.389. The largest absolute Gasteiger partial charge is 0.394 e. The number of pyridine rings is 1. The number of rotatable bonds is 2. The Balaban J connectivity index is 3.35. The fourth-order valence-corrected chi connectivity index (χ4v) is 1.36. The van der Waals surface area contributed by atoms with Crippen LogP contribution in [-0.4, -0.2) is 9.91 Å². The van der Waals surface area contributed by atoms with Gasteiger partial charge < -0.3 is 15.8 Å². The zero-order valence-corrected chi connectivity index (χ0v) is 8.73. The van der Waals surface area contributed by atoms with Crippen LogP contribution < -0.4 is 5.73 Å². The second kappa shape index (κ2) is 3.98. The summed E-state index contributed by atoms with van der Waals surface area (Å²) in [4.78, 5) is 12.9. The van der Waals surface area contributed by atoms with Crippen LogP contribution in [0.2, 0.25) is 0 Å². The molecule has 0 amide bonds. The Morgan fingerprint density at radius 3 is 2.64 bits per heavy atom. The molecule has 0 aliphatic carbocycles. The predicted molar refractivity (Wildman–Crippen MR) is 53.0 cm³/mol. The zero-order valence-electron chi connectivity index (χ0n) is 6.58. The molecule has 0 bridgehead atoms. The molecule has 0 spiro atoms. The first-order chi connectivity index (χ1) is 6.43. The zero-order chi connectivity index (χ0) is 10.9. The molecule has 5 nitrogen and oxygen atoms in total. The van der Waals surface area contributed by atoms with Gasteiger partial charge in [-0.2, -0.15) is 0 Å². The van der Waals surface area contributed by atoms with Gasteiger partial charge in [-0.3, -0.25) is 0 Å². The van der Waals surface area contributed by atoms with Gasteiger partial charge in [0.05, 0.1) is 11.3 Å². The van der Waals surface area contributed by atoms with Gasteiger partial charge in [0.2, 0.25) is 3.70 Å². The minimum atomic E-state index is -2.84. The van der Waals surface area contributed by atoms with E-state index in [4.69, 9.17) is 5.73 Å². The van der Waals surface area contributed by atoms with Crippen molar-refractivity contribution in [2.75, 3.05) is 5.73 Å². The number of nitrogens with two attached hydrogens (primary N) is 1. The maximum atomic E-state index is 12.3. The molecule has 2 N–H and O–H groups in total. The van der Waals surface area contributed by atoms with Gasteiger partial charge in [-0.05, 0) is 9.91 Å². The van der Waals surface area contributed by atoms with E-state index in [9.17, 15) is 18.9 Å². The summed E-state index contributed by atoms with van der Waals surface area (Å²) in [5, 5.41) is 10.3. The highest BCUT2D eigenvalue weighted by molar-refractivity contribution is 14.1. The van der Waals surface area contributed by atoms with Crippen LogP contribution in [0.1, 0.15) is 12.0 Å². The molecule has 1 heterocycles. The Labute approximate surface area is 90.6 Å². The Morgan fingerprint density at radius 2 is 2.21 bits per heavy atom. The number of nitro groups is 1. The molecule has 0 atom stereocenters. The summed E-state index contributed by atoms with van der Waals surface area (Å²) in [6.07, 6.45) is -2.84. The molecular formula is C6H4F2IN3O2. The summed E-state index contributed by atoms with van der Waals surface area (Å²) in [6, 6.07) is 0.683. The fourth-order valence-electron chi connectivity index (χ4n) is 0.803. The van der Waals surface area contributed by atoms with E-state index in [1.165, 1.54) is 0 Å². The van der Waals surface area contributed by atoms with Crippen molar-refractivity contribution in [2.45, 2.75) is 6.43 Å². The van der Waals surface area contributed by atoms with Crippen molar-refractivity contribution >= 4 is 34.1 Å². The summed E-state index contributed by atoms with van der Waals surface area (Å²) in [5.74, 6) is -0.626. The minimum Gasteiger partial charge on any atom is -0.394 e. The van der Waals surface area contributed by atoms with E-state index in [2.05, 4.69) is 4.98 Å². The van der Waals surface area contributed by atoms with E-state index in [1.807, 2.05) is 0 Å². The lowest BCUT2D eigenvalue weighted by Gasteiger charge is -2.03. The van der Waals surface area contributed by atoms with Gasteiger partial charge in [-0.15, -0.1) is 0 Å². The summed E-state index contributed by atoms with van der Waals surface area (Å²) in [7, 11) is 0. The molecule has 1 aromatic rings. The second-order valence-corrected chi connectivity index (χ2v) is 3.35. The third-order valence-corrected chi connectivity index (χ3v) is 2.28. The van der Waals surface area contributed by atoms with Gasteiger partial charge >= 0.3 is 5.82 Å². The second-order valence-electron chi connectivity index (χ2n) is 2.33. The van der Waals surface area contributed by atoms with Crippen LogP contribution in [0.3, 0.4) is 0 Å². The third kappa shape index (κ3) is 2.05. The van der Waals surface area contributed by atoms with E-state index >= 15 is 0 Å². The molecule has 0 saturated carbocycles. The first-order valence-electron chi connectivity index (χ1n) is 3.32. The van der Waals surface area contributed by atoms with Gasteiger partial charge in [0.15, 0.2) is 0 Å². The quantitative estimate of drug-likeness (QED) is 0.392. The van der Waals surface area contributed by atoms with Gasteiger partial charge in [0.1, 0.15) is 0 Å². The van der Waals surface area contributed by atoms with Crippen LogP contribution in [0.4, 0.5) is 20.3 Å². The lowest BCUT2D eigenvalue weighted by atomic mass is 10.2. The average molecular weight is 315 g/mol. The molecule has 0 fully saturated rings. The van der Waals surface area contributed by atoms with Crippen molar-refractivity contribution in [3.8, 4) is 0 Å². The molecule has 0 aromatic carbocycles. The van der Waals surface area contributed by atoms with E-state index in [1.54, 1.807) is 22.6 Å². The molecule has 1 rings (SSSR count). The number of halogens is 3. The smallest absolute Gasteiger partial charge is 0.365 e. The van der Waals surface area contributed by atoms with Crippen molar-refractivity contribution in [1.82, 2.24) is 4.98 Å². The van der Waals surface area contributed by atoms with Crippen molar-refractivity contribution < 1.29 is 13.7 Å². The molecule has 14 heavy (non-hydrogen) atoms. The average Bonchev–Trinajstić information content (AvgIpc) is 2.08. The van der Waals surface area contributed by atoms with Crippen molar-refractivity contribution in [2.24, 2.45) is 0 Å². The maximum absolute atomic E-state index is 12.3. The highest BCUT2D eigenvalue weighted by Gasteiger charge is 2.22. The Bertz CT molecular complexity index is 386. The van der Waals surface area contributed by atoms with Crippen molar-refractivity contribution in [3.63, 3.8) is 0 Å². The molecular weight excluding hydrogens is 311 g/mol. The number of hydrogen-bond donors (Lipinski definition) is 1. The van der Waals surface area contributed by atoms with Gasteiger partial charge in [0, 0.05) is 28.7 Å². The summed E-state index contributed by atoms with van der Waals surface area (Å²) in [5.41, 5.74) is 4.50. The molecule has 76 valence electrons. The van der Waals surface area contributed by atoms with Crippen molar-refractivity contribution in [3.05, 3.63) is 25.4 Å².